The van der Waals surface area contributed by atoms with E-state index in [9.17, 15) is 14.7 Å². The van der Waals surface area contributed by atoms with E-state index in [1.54, 1.807) is 0 Å². The predicted octanol–water partition coefficient (Wildman–Crippen LogP) is -1.56. The highest BCUT2D eigenvalue weighted by molar-refractivity contribution is 5.88. The Morgan fingerprint density at radius 1 is 1.31 bits per heavy atom. The molecule has 0 saturated heterocycles. The van der Waals surface area contributed by atoms with E-state index in [4.69, 9.17) is 5.11 Å². The van der Waals surface area contributed by atoms with Crippen molar-refractivity contribution in [3.63, 3.8) is 0 Å². The molecule has 6 heteroatoms. The van der Waals surface area contributed by atoms with Crippen LogP contribution in [0.2, 0.25) is 0 Å². The Morgan fingerprint density at radius 2 is 1.77 bits per heavy atom. The summed E-state index contributed by atoms with van der Waals surface area (Å²) in [5.74, 6) is -2.21. The van der Waals surface area contributed by atoms with Crippen molar-refractivity contribution in [2.45, 2.75) is 18.6 Å². The van der Waals surface area contributed by atoms with E-state index in [0.717, 1.165) is 21.1 Å². The maximum atomic E-state index is 10.9. The minimum absolute atomic E-state index is 0.959. The highest BCUT2D eigenvalue weighted by Crippen LogP contribution is 2.12. The molecule has 0 unspecified atom stereocenters. The molecule has 0 radical (unpaired) electrons. The molecule has 2 N–H and O–H groups in total. The van der Waals surface area contributed by atoms with E-state index in [2.05, 4.69) is 9.47 Å². The van der Waals surface area contributed by atoms with Crippen molar-refractivity contribution in [1.29, 1.82) is 0 Å². The van der Waals surface area contributed by atoms with Crippen LogP contribution in [-0.2, 0) is 19.1 Å². The molecular formula is C7H12O6. The van der Waals surface area contributed by atoms with Crippen LogP contribution in [0.4, 0.5) is 0 Å². The maximum Gasteiger partial charge on any atom is 0.340 e. The second kappa shape index (κ2) is 4.20. The van der Waals surface area contributed by atoms with Gasteiger partial charge < -0.3 is 19.7 Å². The quantitative estimate of drug-likeness (QED) is 0.525. The number of carbonyl (C=O) groups is 2. The number of carbonyl (C=O) groups excluding carboxylic acids is 2. The van der Waals surface area contributed by atoms with Crippen molar-refractivity contribution in [3.05, 3.63) is 0 Å². The number of ether oxygens (including phenoxy) is 2. The van der Waals surface area contributed by atoms with Gasteiger partial charge in [-0.1, -0.05) is 0 Å². The summed E-state index contributed by atoms with van der Waals surface area (Å²) in [6, 6.07) is 0. The van der Waals surface area contributed by atoms with Gasteiger partial charge in [-0.25, -0.2) is 9.59 Å². The normalized spacial score (nSPS) is 17.0. The first kappa shape index (κ1) is 11.9. The van der Waals surface area contributed by atoms with Gasteiger partial charge in [0.15, 0.2) is 11.7 Å². The zero-order valence-corrected chi connectivity index (χ0v) is 7.60. The van der Waals surface area contributed by atoms with E-state index < -0.39 is 23.6 Å². The summed E-state index contributed by atoms with van der Waals surface area (Å²) in [6.45, 7) is 0.959. The molecule has 6 nitrogen and oxygen atoms in total. The molecular weight excluding hydrogens is 180 g/mol. The summed E-state index contributed by atoms with van der Waals surface area (Å²) in [5, 5.41) is 18.4. The zero-order chi connectivity index (χ0) is 10.6. The van der Waals surface area contributed by atoms with Gasteiger partial charge in [0.2, 0.25) is 0 Å². The average Bonchev–Trinajstić information content (AvgIpc) is 2.13. The van der Waals surface area contributed by atoms with Crippen LogP contribution in [0.15, 0.2) is 0 Å². The molecule has 0 fully saturated rings. The molecule has 0 aromatic heterocycles. The molecule has 0 saturated carbocycles. The van der Waals surface area contributed by atoms with E-state index >= 15 is 0 Å². The van der Waals surface area contributed by atoms with Crippen LogP contribution < -0.4 is 0 Å². The summed E-state index contributed by atoms with van der Waals surface area (Å²) in [4.78, 5) is 21.6. The largest absolute Gasteiger partial charge is 0.467 e. The lowest BCUT2D eigenvalue weighted by atomic mass is 10.00. The Morgan fingerprint density at radius 3 is 2.08 bits per heavy atom. The van der Waals surface area contributed by atoms with Gasteiger partial charge in [-0.05, 0) is 6.92 Å². The lowest BCUT2D eigenvalue weighted by Crippen LogP contribution is -2.51. The molecule has 76 valence electrons. The van der Waals surface area contributed by atoms with E-state index in [1.165, 1.54) is 0 Å². The molecule has 0 heterocycles. The van der Waals surface area contributed by atoms with Crippen molar-refractivity contribution >= 4 is 11.9 Å². The van der Waals surface area contributed by atoms with Crippen molar-refractivity contribution < 1.29 is 29.3 Å². The third kappa shape index (κ3) is 2.40. The molecule has 0 aliphatic heterocycles. The SMILES string of the molecule is COC(=O)[C@H](O)[C@@](C)(O)C(=O)OC. The van der Waals surface area contributed by atoms with Gasteiger partial charge in [-0.3, -0.25) is 0 Å². The molecule has 2 atom stereocenters. The molecule has 0 rings (SSSR count). The van der Waals surface area contributed by atoms with E-state index in [-0.39, 0.29) is 0 Å². The number of aliphatic hydroxyl groups excluding tert-OH is 1. The van der Waals surface area contributed by atoms with Crippen LogP contribution in [0.1, 0.15) is 6.92 Å². The van der Waals surface area contributed by atoms with E-state index in [0.29, 0.717) is 0 Å². The smallest absolute Gasteiger partial charge is 0.340 e. The number of aliphatic hydroxyl groups is 2. The van der Waals surface area contributed by atoms with Crippen molar-refractivity contribution in [1.82, 2.24) is 0 Å². The Hall–Kier alpha value is -1.14. The van der Waals surface area contributed by atoms with Crippen LogP contribution >= 0.6 is 0 Å². The predicted molar refractivity (Wildman–Crippen MR) is 40.7 cm³/mol. The summed E-state index contributed by atoms with van der Waals surface area (Å²) in [5.41, 5.74) is -2.29. The summed E-state index contributed by atoms with van der Waals surface area (Å²) in [6.07, 6.45) is -1.95. The molecule has 0 bridgehead atoms. The maximum absolute atomic E-state index is 10.9. The number of hydrogen-bond acceptors (Lipinski definition) is 6. The van der Waals surface area contributed by atoms with Crippen molar-refractivity contribution in [2.75, 3.05) is 14.2 Å². The number of methoxy groups -OCH3 is 2. The number of esters is 2. The molecule has 13 heavy (non-hydrogen) atoms. The monoisotopic (exact) mass is 192 g/mol. The fraction of sp³-hybridized carbons (Fsp3) is 0.714. The Labute approximate surface area is 75.1 Å². The van der Waals surface area contributed by atoms with Crippen LogP contribution in [0.25, 0.3) is 0 Å². The third-order valence-electron chi connectivity index (χ3n) is 1.56. The van der Waals surface area contributed by atoms with Gasteiger partial charge in [0, 0.05) is 0 Å². The van der Waals surface area contributed by atoms with Crippen LogP contribution in [0.3, 0.4) is 0 Å². The van der Waals surface area contributed by atoms with Gasteiger partial charge in [0.1, 0.15) is 0 Å². The van der Waals surface area contributed by atoms with Crippen molar-refractivity contribution in [2.24, 2.45) is 0 Å². The minimum Gasteiger partial charge on any atom is -0.467 e. The second-order valence-corrected chi connectivity index (χ2v) is 2.56. The first-order chi connectivity index (χ1) is 5.87. The number of rotatable bonds is 3. The van der Waals surface area contributed by atoms with Crippen LogP contribution in [0.5, 0.6) is 0 Å². The number of hydrogen-bond donors (Lipinski definition) is 2. The summed E-state index contributed by atoms with van der Waals surface area (Å²) < 4.78 is 8.31. The molecule has 0 aromatic carbocycles. The van der Waals surface area contributed by atoms with Crippen LogP contribution in [0, 0.1) is 0 Å². The van der Waals surface area contributed by atoms with E-state index in [1.807, 2.05) is 0 Å². The first-order valence-corrected chi connectivity index (χ1v) is 3.44. The standard InChI is InChI=1S/C7H12O6/c1-7(11,6(10)13-3)4(8)5(9)12-2/h4,8,11H,1-3H3/t4-,7+/m0/s1. The highest BCUT2D eigenvalue weighted by Gasteiger charge is 2.44. The minimum atomic E-state index is -2.29. The highest BCUT2D eigenvalue weighted by atomic mass is 16.6. The van der Waals surface area contributed by atoms with Gasteiger partial charge >= 0.3 is 11.9 Å². The van der Waals surface area contributed by atoms with Gasteiger partial charge in [0.05, 0.1) is 14.2 Å². The van der Waals surface area contributed by atoms with Crippen LogP contribution in [-0.4, -0.2) is 48.1 Å². The lowest BCUT2D eigenvalue weighted by molar-refractivity contribution is -0.184. The molecule has 0 aromatic rings. The van der Waals surface area contributed by atoms with Crippen molar-refractivity contribution in [3.8, 4) is 0 Å². The lowest BCUT2D eigenvalue weighted by Gasteiger charge is -2.23. The molecule has 0 aliphatic carbocycles. The molecule has 0 spiro atoms. The fourth-order valence-electron chi connectivity index (χ4n) is 0.659. The summed E-state index contributed by atoms with van der Waals surface area (Å²) >= 11 is 0. The Kier molecular flexibility index (Phi) is 3.83. The topological polar surface area (TPSA) is 93.1 Å². The molecule has 0 aliphatic rings. The van der Waals surface area contributed by atoms with Gasteiger partial charge in [-0.2, -0.15) is 0 Å². The zero-order valence-electron chi connectivity index (χ0n) is 7.60. The van der Waals surface area contributed by atoms with Gasteiger partial charge in [0.25, 0.3) is 0 Å². The Balaban J connectivity index is 4.62. The molecule has 0 amide bonds. The summed E-state index contributed by atoms with van der Waals surface area (Å²) in [7, 11) is 2.06. The Bertz CT molecular complexity index is 209. The third-order valence-corrected chi connectivity index (χ3v) is 1.56. The fourth-order valence-corrected chi connectivity index (χ4v) is 0.659. The van der Waals surface area contributed by atoms with Gasteiger partial charge in [-0.15, -0.1) is 0 Å². The second-order valence-electron chi connectivity index (χ2n) is 2.56. The first-order valence-electron chi connectivity index (χ1n) is 3.44. The average molecular weight is 192 g/mol.